The van der Waals surface area contributed by atoms with Crippen LogP contribution in [0.4, 0.5) is 0 Å². The fourth-order valence-electron chi connectivity index (χ4n) is 1.39. The molecule has 0 unspecified atom stereocenters. The van der Waals surface area contributed by atoms with Crippen LogP contribution < -0.4 is 0 Å². The maximum atomic E-state index is 11.9. The Morgan fingerprint density at radius 1 is 0.824 bits per heavy atom. The minimum atomic E-state index is -0.868. The molecule has 0 amide bonds. The van der Waals surface area contributed by atoms with Gasteiger partial charge in [-0.3, -0.25) is 0 Å². The number of benzene rings is 2. The molecule has 0 heterocycles. The van der Waals surface area contributed by atoms with E-state index in [1.807, 2.05) is 48.5 Å². The van der Waals surface area contributed by atoms with E-state index in [0.717, 1.165) is 5.56 Å². The second kappa shape index (κ2) is 5.72. The first kappa shape index (κ1) is 12.0. The van der Waals surface area contributed by atoms with Gasteiger partial charge in [0, 0.05) is 0 Å². The van der Waals surface area contributed by atoms with Gasteiger partial charge in [0.15, 0.2) is 0 Å². The number of aliphatic hydroxyl groups is 1. The molecule has 0 spiro atoms. The first-order valence-corrected chi connectivity index (χ1v) is 7.07. The molecule has 2 aromatic rings. The van der Waals surface area contributed by atoms with Crippen LogP contribution in [0.3, 0.4) is 0 Å². The van der Waals surface area contributed by atoms with E-state index < -0.39 is 15.3 Å². The van der Waals surface area contributed by atoms with Gasteiger partial charge in [-0.05, 0) is 0 Å². The average molecular weight is 286 g/mol. The summed E-state index contributed by atoms with van der Waals surface area (Å²) in [5.41, 5.74) is 1.40. The zero-order chi connectivity index (χ0) is 12.1. The summed E-state index contributed by atoms with van der Waals surface area (Å²) in [5, 5.41) is 9.89. The van der Waals surface area contributed by atoms with Gasteiger partial charge >= 0.3 is 106 Å². The Balaban J connectivity index is 2.24. The third-order valence-electron chi connectivity index (χ3n) is 2.26. The molecule has 0 bridgehead atoms. The van der Waals surface area contributed by atoms with Crippen molar-refractivity contribution in [2.45, 2.75) is 0 Å². The molecule has 3 heteroatoms. The summed E-state index contributed by atoms with van der Waals surface area (Å²) >= 11 is -0.868. The Bertz CT molecular complexity index is 533. The Kier molecular flexibility index (Phi) is 4.02. The van der Waals surface area contributed by atoms with Crippen LogP contribution in [0.25, 0.3) is 0 Å². The van der Waals surface area contributed by atoms with Crippen molar-refractivity contribution in [3.05, 3.63) is 71.8 Å². The molecule has 2 nitrogen and oxygen atoms in total. The fraction of sp³-hybridized carbons (Fsp3) is 0. The van der Waals surface area contributed by atoms with Crippen LogP contribution in [0.15, 0.2) is 60.7 Å². The zero-order valence-corrected chi connectivity index (χ0v) is 11.0. The summed E-state index contributed by atoms with van der Waals surface area (Å²) in [6, 6.07) is 18.3. The predicted molar refractivity (Wildman–Crippen MR) is 69.0 cm³/mol. The summed E-state index contributed by atoms with van der Waals surface area (Å²) in [6.45, 7) is 0. The molecule has 0 atom stereocenters. The van der Waals surface area contributed by atoms with E-state index in [-0.39, 0.29) is 9.06 Å². The molecule has 0 aliphatic carbocycles. The van der Waals surface area contributed by atoms with E-state index in [4.69, 9.17) is 0 Å². The van der Waals surface area contributed by atoms with Crippen molar-refractivity contribution in [3.63, 3.8) is 0 Å². The van der Waals surface area contributed by atoms with Gasteiger partial charge in [0.05, 0.1) is 0 Å². The summed E-state index contributed by atoms with van der Waals surface area (Å²) in [4.78, 5) is 11.9. The van der Waals surface area contributed by atoms with Gasteiger partial charge in [-0.1, -0.05) is 0 Å². The fourth-order valence-corrected chi connectivity index (χ4v) is 2.96. The molecule has 0 aliphatic rings. The van der Waals surface area contributed by atoms with Crippen LogP contribution >= 0.6 is 0 Å². The van der Waals surface area contributed by atoms with Gasteiger partial charge in [0.25, 0.3) is 0 Å². The standard InChI is InChI=1S/C14H11AsO2/c16-13(11-7-3-1-4-8-11)15-14(17)12-9-5-2-6-10-12/h1-10,16H. The molecule has 84 valence electrons. The molecule has 0 radical (unpaired) electrons. The van der Waals surface area contributed by atoms with Crippen molar-refractivity contribution in [1.29, 1.82) is 0 Å². The summed E-state index contributed by atoms with van der Waals surface area (Å²) in [7, 11) is 0. The van der Waals surface area contributed by atoms with Crippen molar-refractivity contribution in [3.8, 4) is 0 Å². The summed E-state index contributed by atoms with van der Waals surface area (Å²) < 4.78 is 0.221. The molecule has 0 saturated carbocycles. The van der Waals surface area contributed by atoms with Crippen LogP contribution in [0.2, 0.25) is 0 Å². The van der Waals surface area contributed by atoms with Gasteiger partial charge in [0.1, 0.15) is 0 Å². The van der Waals surface area contributed by atoms with E-state index in [2.05, 4.69) is 0 Å². The molecule has 2 rings (SSSR count). The molecule has 0 aromatic heterocycles. The number of hydrogen-bond acceptors (Lipinski definition) is 2. The van der Waals surface area contributed by atoms with Crippen LogP contribution in [0.5, 0.6) is 0 Å². The van der Waals surface area contributed by atoms with Crippen LogP contribution in [0, 0.1) is 0 Å². The maximum absolute atomic E-state index is 11.9. The van der Waals surface area contributed by atoms with Crippen molar-refractivity contribution >= 4 is 24.4 Å². The van der Waals surface area contributed by atoms with Crippen LogP contribution in [-0.4, -0.2) is 29.5 Å². The van der Waals surface area contributed by atoms with Crippen molar-refractivity contribution in [1.82, 2.24) is 0 Å². The van der Waals surface area contributed by atoms with Crippen LogP contribution in [0.1, 0.15) is 15.9 Å². The Labute approximate surface area is 106 Å². The van der Waals surface area contributed by atoms with Gasteiger partial charge < -0.3 is 0 Å². The van der Waals surface area contributed by atoms with Gasteiger partial charge in [-0.15, -0.1) is 0 Å². The molecule has 2 aromatic carbocycles. The molecular weight excluding hydrogens is 275 g/mol. The summed E-state index contributed by atoms with van der Waals surface area (Å²) in [5.74, 6) is 0. The van der Waals surface area contributed by atoms with E-state index in [1.54, 1.807) is 12.1 Å². The second-order valence-corrected chi connectivity index (χ2v) is 5.68. The summed E-state index contributed by atoms with van der Waals surface area (Å²) in [6.07, 6.45) is 0. The van der Waals surface area contributed by atoms with Gasteiger partial charge in [-0.2, -0.15) is 0 Å². The van der Waals surface area contributed by atoms with E-state index in [1.165, 1.54) is 0 Å². The van der Waals surface area contributed by atoms with Crippen molar-refractivity contribution in [2.75, 3.05) is 0 Å². The molecule has 0 saturated heterocycles. The van der Waals surface area contributed by atoms with Gasteiger partial charge in [0.2, 0.25) is 0 Å². The zero-order valence-electron chi connectivity index (χ0n) is 9.08. The Morgan fingerprint density at radius 2 is 1.29 bits per heavy atom. The number of carbonyl (C=O) groups excluding carboxylic acids is 1. The van der Waals surface area contributed by atoms with Crippen LogP contribution in [-0.2, 0) is 0 Å². The Hall–Kier alpha value is -1.50. The average Bonchev–Trinajstić information content (AvgIpc) is 2.40. The third-order valence-corrected chi connectivity index (χ3v) is 4.21. The topological polar surface area (TPSA) is 37.3 Å². The monoisotopic (exact) mass is 286 g/mol. The normalized spacial score (nSPS) is 11.2. The number of hydrogen-bond donors (Lipinski definition) is 1. The minimum absolute atomic E-state index is 0.0169. The second-order valence-electron chi connectivity index (χ2n) is 3.47. The molecule has 0 fully saturated rings. The number of rotatable bonds is 3. The van der Waals surface area contributed by atoms with Crippen molar-refractivity contribution < 1.29 is 9.90 Å². The quantitative estimate of drug-likeness (QED) is 0.877. The van der Waals surface area contributed by atoms with Crippen molar-refractivity contribution in [2.24, 2.45) is 0 Å². The third kappa shape index (κ3) is 3.23. The van der Waals surface area contributed by atoms with E-state index in [0.29, 0.717) is 5.56 Å². The first-order chi connectivity index (χ1) is 8.27. The Morgan fingerprint density at radius 3 is 1.82 bits per heavy atom. The van der Waals surface area contributed by atoms with E-state index >= 15 is 0 Å². The molecule has 17 heavy (non-hydrogen) atoms. The molecule has 0 aliphatic heterocycles. The number of carbonyl (C=O) groups is 1. The molecular formula is C14H11AsO2. The SMILES string of the molecule is O=C([As]=C(O)c1ccccc1)c1ccccc1. The van der Waals surface area contributed by atoms with E-state index in [9.17, 15) is 9.90 Å². The van der Waals surface area contributed by atoms with Gasteiger partial charge in [-0.25, -0.2) is 0 Å². The first-order valence-electron chi connectivity index (χ1n) is 5.20. The predicted octanol–water partition coefficient (Wildman–Crippen LogP) is 2.08. The molecule has 1 N–H and O–H groups in total. The number of aliphatic hydroxyl groups excluding tert-OH is 1.